The van der Waals surface area contributed by atoms with Gasteiger partial charge in [0.2, 0.25) is 0 Å². The molecule has 1 saturated heterocycles. The average Bonchev–Trinajstić information content (AvgIpc) is 3.40. The zero-order chi connectivity index (χ0) is 23.3. The normalized spacial score (nSPS) is 16.6. The molecule has 3 heterocycles. The average molecular weight is 464 g/mol. The van der Waals surface area contributed by atoms with Crippen LogP contribution in [0.2, 0.25) is 0 Å². The van der Waals surface area contributed by atoms with Gasteiger partial charge in [0.05, 0.1) is 13.2 Å². The molecule has 1 fully saturated rings. The van der Waals surface area contributed by atoms with Gasteiger partial charge in [-0.1, -0.05) is 23.7 Å². The number of ether oxygens (including phenoxy) is 3. The molecular weight excluding hydrogens is 434 g/mol. The number of methoxy groups -OCH3 is 1. The van der Waals surface area contributed by atoms with E-state index in [-0.39, 0.29) is 17.6 Å². The Labute approximate surface area is 198 Å². The predicted molar refractivity (Wildman–Crippen MR) is 126 cm³/mol. The molecule has 0 bridgehead atoms. The van der Waals surface area contributed by atoms with Crippen LogP contribution in [0.5, 0.6) is 17.2 Å². The molecule has 5 rings (SSSR count). The van der Waals surface area contributed by atoms with Gasteiger partial charge in [0.15, 0.2) is 23.0 Å². The first kappa shape index (κ1) is 22.3. The lowest BCUT2D eigenvalue weighted by Gasteiger charge is -2.35. The number of fused-ring (bicyclic) bond motifs is 1. The molecule has 178 valence electrons. The topological polar surface area (TPSA) is 86.1 Å². The van der Waals surface area contributed by atoms with E-state index in [2.05, 4.69) is 27.5 Å². The molecule has 1 aromatic heterocycles. The van der Waals surface area contributed by atoms with Crippen molar-refractivity contribution in [2.45, 2.75) is 25.3 Å². The number of amides is 1. The molecule has 8 heteroatoms. The van der Waals surface area contributed by atoms with Crippen molar-refractivity contribution in [2.24, 2.45) is 0 Å². The van der Waals surface area contributed by atoms with Gasteiger partial charge in [-0.15, -0.1) is 0 Å². The molecule has 8 nitrogen and oxygen atoms in total. The predicted octanol–water partition coefficient (Wildman–Crippen LogP) is 4.08. The van der Waals surface area contributed by atoms with Crippen LogP contribution in [0, 0.1) is 0 Å². The van der Waals surface area contributed by atoms with Gasteiger partial charge in [-0.05, 0) is 61.8 Å². The lowest BCUT2D eigenvalue weighted by molar-refractivity contribution is 0.0915. The highest BCUT2D eigenvalue weighted by molar-refractivity contribution is 5.93. The summed E-state index contributed by atoms with van der Waals surface area (Å²) in [6, 6.07) is 15.4. The number of carbonyl (C=O) groups is 1. The maximum absolute atomic E-state index is 12.9. The van der Waals surface area contributed by atoms with Crippen molar-refractivity contribution in [1.29, 1.82) is 0 Å². The molecule has 0 spiro atoms. The van der Waals surface area contributed by atoms with E-state index in [1.165, 1.54) is 19.3 Å². The monoisotopic (exact) mass is 463 g/mol. The van der Waals surface area contributed by atoms with Gasteiger partial charge in [0.1, 0.15) is 19.0 Å². The zero-order valence-corrected chi connectivity index (χ0v) is 19.3. The minimum Gasteiger partial charge on any atom is -0.497 e. The highest BCUT2D eigenvalue weighted by Crippen LogP contribution is 2.34. The second-order valence-electron chi connectivity index (χ2n) is 8.53. The maximum Gasteiger partial charge on any atom is 0.273 e. The van der Waals surface area contributed by atoms with Gasteiger partial charge < -0.3 is 24.1 Å². The van der Waals surface area contributed by atoms with Crippen LogP contribution in [0.25, 0.3) is 11.3 Å². The maximum atomic E-state index is 12.9. The largest absolute Gasteiger partial charge is 0.497 e. The third kappa shape index (κ3) is 4.87. The van der Waals surface area contributed by atoms with E-state index in [1.54, 1.807) is 13.2 Å². The smallest absolute Gasteiger partial charge is 0.273 e. The number of aromatic nitrogens is 1. The molecule has 2 aliphatic heterocycles. The van der Waals surface area contributed by atoms with Gasteiger partial charge in [0.25, 0.3) is 5.91 Å². The standard InChI is InChI=1S/C26H29N3O5/c1-31-20-8-5-18(6-9-20)22(29-11-3-2-4-12-29)17-27-26(30)21-16-24(34-28-21)19-7-10-23-25(15-19)33-14-13-32-23/h5-10,15-16,22H,2-4,11-14,17H2,1H3,(H,27,30)/t22-/m0/s1. The van der Waals surface area contributed by atoms with Crippen molar-refractivity contribution >= 4 is 5.91 Å². The van der Waals surface area contributed by atoms with Crippen LogP contribution in [0.3, 0.4) is 0 Å². The van der Waals surface area contributed by atoms with Gasteiger partial charge in [-0.2, -0.15) is 0 Å². The van der Waals surface area contributed by atoms with E-state index in [0.29, 0.717) is 37.0 Å². The van der Waals surface area contributed by atoms with Gasteiger partial charge in [0, 0.05) is 18.2 Å². The van der Waals surface area contributed by atoms with Crippen molar-refractivity contribution in [3.8, 4) is 28.6 Å². The third-order valence-corrected chi connectivity index (χ3v) is 6.36. The van der Waals surface area contributed by atoms with E-state index in [0.717, 1.165) is 30.0 Å². The fraction of sp³-hybridized carbons (Fsp3) is 0.385. The summed E-state index contributed by atoms with van der Waals surface area (Å²) in [5.41, 5.74) is 2.18. The summed E-state index contributed by atoms with van der Waals surface area (Å²) in [4.78, 5) is 15.4. The van der Waals surface area contributed by atoms with E-state index in [4.69, 9.17) is 18.7 Å². The first-order valence-corrected chi connectivity index (χ1v) is 11.7. The van der Waals surface area contributed by atoms with Crippen LogP contribution < -0.4 is 19.5 Å². The Morgan fingerprint density at radius 2 is 1.79 bits per heavy atom. The molecule has 1 amide bonds. The molecule has 3 aromatic rings. The van der Waals surface area contributed by atoms with Gasteiger partial charge in [-0.25, -0.2) is 0 Å². The van der Waals surface area contributed by atoms with Crippen molar-refractivity contribution in [1.82, 2.24) is 15.4 Å². The van der Waals surface area contributed by atoms with Crippen molar-refractivity contribution in [3.05, 3.63) is 59.8 Å². The van der Waals surface area contributed by atoms with Crippen molar-refractivity contribution in [3.63, 3.8) is 0 Å². The number of likely N-dealkylation sites (tertiary alicyclic amines) is 1. The molecule has 2 aliphatic rings. The lowest BCUT2D eigenvalue weighted by Crippen LogP contribution is -2.40. The Bertz CT molecular complexity index is 1120. The van der Waals surface area contributed by atoms with E-state index in [1.807, 2.05) is 30.3 Å². The number of hydrogen-bond donors (Lipinski definition) is 1. The first-order chi connectivity index (χ1) is 16.7. The van der Waals surface area contributed by atoms with Crippen LogP contribution in [0.1, 0.15) is 41.4 Å². The highest BCUT2D eigenvalue weighted by atomic mass is 16.6. The molecule has 0 radical (unpaired) electrons. The Hall–Kier alpha value is -3.52. The summed E-state index contributed by atoms with van der Waals surface area (Å²) in [6.45, 7) is 3.56. The zero-order valence-electron chi connectivity index (χ0n) is 19.3. The van der Waals surface area contributed by atoms with Gasteiger partial charge in [-0.3, -0.25) is 9.69 Å². The van der Waals surface area contributed by atoms with Crippen LogP contribution >= 0.6 is 0 Å². The summed E-state index contributed by atoms with van der Waals surface area (Å²) in [5, 5.41) is 7.06. The molecule has 1 atom stereocenters. The van der Waals surface area contributed by atoms with Crippen molar-refractivity contribution < 1.29 is 23.5 Å². The summed E-state index contributed by atoms with van der Waals surface area (Å²) in [6.07, 6.45) is 3.59. The van der Waals surface area contributed by atoms with Crippen molar-refractivity contribution in [2.75, 3.05) is 40.0 Å². The molecule has 1 N–H and O–H groups in total. The minimum absolute atomic E-state index is 0.0827. The highest BCUT2D eigenvalue weighted by Gasteiger charge is 2.24. The number of carbonyl (C=O) groups excluding carboxylic acids is 1. The SMILES string of the molecule is COc1ccc([C@H](CNC(=O)c2cc(-c3ccc4c(c3)OCCO4)on2)N2CCCCC2)cc1. The number of rotatable bonds is 7. The number of piperidine rings is 1. The van der Waals surface area contributed by atoms with E-state index >= 15 is 0 Å². The van der Waals surface area contributed by atoms with Crippen LogP contribution in [0.15, 0.2) is 53.1 Å². The lowest BCUT2D eigenvalue weighted by atomic mass is 10.0. The fourth-order valence-corrected chi connectivity index (χ4v) is 4.51. The van der Waals surface area contributed by atoms with Crippen LogP contribution in [-0.4, -0.2) is 55.9 Å². The summed E-state index contributed by atoms with van der Waals surface area (Å²) >= 11 is 0. The number of benzene rings is 2. The number of nitrogens with zero attached hydrogens (tertiary/aromatic N) is 2. The molecule has 0 saturated carbocycles. The molecular formula is C26H29N3O5. The summed E-state index contributed by atoms with van der Waals surface area (Å²) in [7, 11) is 1.66. The molecule has 2 aromatic carbocycles. The van der Waals surface area contributed by atoms with E-state index < -0.39 is 0 Å². The van der Waals surface area contributed by atoms with E-state index in [9.17, 15) is 4.79 Å². The third-order valence-electron chi connectivity index (χ3n) is 6.36. The fourth-order valence-electron chi connectivity index (χ4n) is 4.51. The first-order valence-electron chi connectivity index (χ1n) is 11.7. The summed E-state index contributed by atoms with van der Waals surface area (Å²) < 4.78 is 22.0. The number of nitrogens with one attached hydrogen (secondary N) is 1. The quantitative estimate of drug-likeness (QED) is 0.565. The second-order valence-corrected chi connectivity index (χ2v) is 8.53. The van der Waals surface area contributed by atoms with Gasteiger partial charge >= 0.3 is 0 Å². The Morgan fingerprint density at radius 3 is 2.56 bits per heavy atom. The Balaban J connectivity index is 1.28. The Kier molecular flexibility index (Phi) is 6.67. The molecule has 34 heavy (non-hydrogen) atoms. The van der Waals surface area contributed by atoms with Crippen LogP contribution in [-0.2, 0) is 0 Å². The molecule has 0 unspecified atom stereocenters. The molecule has 0 aliphatic carbocycles. The Morgan fingerprint density at radius 1 is 1.03 bits per heavy atom. The summed E-state index contributed by atoms with van der Waals surface area (Å²) in [5.74, 6) is 2.43. The second kappa shape index (κ2) is 10.2. The minimum atomic E-state index is -0.261. The van der Waals surface area contributed by atoms with Crippen LogP contribution in [0.4, 0.5) is 0 Å². The number of hydrogen-bond acceptors (Lipinski definition) is 7.